The van der Waals surface area contributed by atoms with Gasteiger partial charge in [-0.1, -0.05) is 23.2 Å². The van der Waals surface area contributed by atoms with E-state index in [-0.39, 0.29) is 18.3 Å². The van der Waals surface area contributed by atoms with Crippen LogP contribution in [0.5, 0.6) is 0 Å². The van der Waals surface area contributed by atoms with E-state index in [1.165, 1.54) is 0 Å². The minimum Gasteiger partial charge on any atom is -1.00 e. The molecule has 0 aliphatic carbocycles. The Hall–Kier alpha value is -0.520. The maximum Gasteiger partial charge on any atom is 0.238 e. The molecule has 106 valence electrons. The van der Waals surface area contributed by atoms with Crippen molar-refractivity contribution in [3.8, 4) is 0 Å². The van der Waals surface area contributed by atoms with E-state index in [1.807, 2.05) is 0 Å². The van der Waals surface area contributed by atoms with E-state index in [4.69, 9.17) is 23.2 Å². The number of rotatable bonds is 3. The molecule has 0 aromatic heterocycles. The first-order valence-electron chi connectivity index (χ1n) is 5.83. The van der Waals surface area contributed by atoms with Crippen molar-refractivity contribution in [2.45, 2.75) is 0 Å². The number of carbonyl (C=O) groups is 1. The van der Waals surface area contributed by atoms with Crippen molar-refractivity contribution in [1.82, 2.24) is 10.2 Å². The minimum atomic E-state index is -0.0545. The van der Waals surface area contributed by atoms with E-state index in [1.54, 1.807) is 18.2 Å². The number of benzene rings is 1. The van der Waals surface area contributed by atoms with Crippen molar-refractivity contribution in [1.29, 1.82) is 0 Å². The molecule has 1 fully saturated rings. The fraction of sp³-hybridized carbons (Fsp3) is 0.417. The third kappa shape index (κ3) is 5.16. The Morgan fingerprint density at radius 1 is 1.32 bits per heavy atom. The standard InChI is InChI=1S/C12H15Cl2N3O.ClH/c13-9-1-2-11(10(14)7-9)16-12(18)8-17-5-3-15-4-6-17;/h1-2,7,15H,3-6,8H2,(H,16,18);1H/p-1. The van der Waals surface area contributed by atoms with Gasteiger partial charge in [0.15, 0.2) is 0 Å². The fourth-order valence-electron chi connectivity index (χ4n) is 1.85. The Bertz CT molecular complexity index is 436. The van der Waals surface area contributed by atoms with Gasteiger partial charge < -0.3 is 23.0 Å². The third-order valence-electron chi connectivity index (χ3n) is 2.78. The SMILES string of the molecule is O=C(CN1CCNCC1)Nc1ccc(Cl)cc1Cl.[Cl-]. The molecule has 1 saturated heterocycles. The van der Waals surface area contributed by atoms with E-state index in [2.05, 4.69) is 15.5 Å². The van der Waals surface area contributed by atoms with Crippen LogP contribution in [-0.4, -0.2) is 43.5 Å². The van der Waals surface area contributed by atoms with Gasteiger partial charge in [0.1, 0.15) is 0 Å². The molecule has 1 amide bonds. The molecule has 0 spiro atoms. The molecule has 1 aliphatic rings. The molecule has 7 heteroatoms. The summed E-state index contributed by atoms with van der Waals surface area (Å²) in [6.45, 7) is 4.02. The van der Waals surface area contributed by atoms with Gasteiger partial charge in [-0.05, 0) is 18.2 Å². The lowest BCUT2D eigenvalue weighted by Gasteiger charge is -2.26. The number of amides is 1. The van der Waals surface area contributed by atoms with E-state index in [0.717, 1.165) is 26.2 Å². The third-order valence-corrected chi connectivity index (χ3v) is 3.33. The fourth-order valence-corrected chi connectivity index (χ4v) is 2.31. The molecular weight excluding hydrogens is 309 g/mol. The van der Waals surface area contributed by atoms with Crippen LogP contribution >= 0.6 is 23.2 Å². The number of nitrogens with zero attached hydrogens (tertiary/aromatic N) is 1. The van der Waals surface area contributed by atoms with Crippen molar-refractivity contribution in [3.63, 3.8) is 0 Å². The van der Waals surface area contributed by atoms with Crippen molar-refractivity contribution < 1.29 is 17.2 Å². The average Bonchev–Trinajstić information content (AvgIpc) is 2.34. The van der Waals surface area contributed by atoms with Crippen molar-refractivity contribution in [2.75, 3.05) is 38.0 Å². The smallest absolute Gasteiger partial charge is 0.238 e. The highest BCUT2D eigenvalue weighted by Crippen LogP contribution is 2.25. The monoisotopic (exact) mass is 322 g/mol. The second-order valence-electron chi connectivity index (χ2n) is 4.20. The molecule has 0 saturated carbocycles. The zero-order chi connectivity index (χ0) is 13.0. The van der Waals surface area contributed by atoms with Crippen molar-refractivity contribution >= 4 is 34.8 Å². The lowest BCUT2D eigenvalue weighted by atomic mass is 10.3. The van der Waals surface area contributed by atoms with Crippen LogP contribution in [0.3, 0.4) is 0 Å². The molecule has 1 heterocycles. The Morgan fingerprint density at radius 2 is 2.00 bits per heavy atom. The summed E-state index contributed by atoms with van der Waals surface area (Å²) >= 11 is 11.8. The van der Waals surface area contributed by atoms with E-state index < -0.39 is 0 Å². The summed E-state index contributed by atoms with van der Waals surface area (Å²) in [7, 11) is 0. The van der Waals surface area contributed by atoms with Crippen LogP contribution in [0.4, 0.5) is 5.69 Å². The highest BCUT2D eigenvalue weighted by molar-refractivity contribution is 6.36. The number of carbonyl (C=O) groups excluding carboxylic acids is 1. The maximum absolute atomic E-state index is 11.9. The van der Waals surface area contributed by atoms with Crippen LogP contribution < -0.4 is 23.0 Å². The molecule has 2 rings (SSSR count). The van der Waals surface area contributed by atoms with Gasteiger partial charge in [-0.25, -0.2) is 0 Å². The molecule has 19 heavy (non-hydrogen) atoms. The molecule has 1 aromatic carbocycles. The van der Waals surface area contributed by atoms with E-state index in [0.29, 0.717) is 22.3 Å². The van der Waals surface area contributed by atoms with Gasteiger partial charge in [0.2, 0.25) is 5.91 Å². The highest BCUT2D eigenvalue weighted by atomic mass is 35.5. The van der Waals surface area contributed by atoms with Gasteiger partial charge in [-0.2, -0.15) is 0 Å². The Kier molecular flexibility index (Phi) is 6.89. The molecule has 1 aliphatic heterocycles. The van der Waals surface area contributed by atoms with Gasteiger partial charge in [0.25, 0.3) is 0 Å². The van der Waals surface area contributed by atoms with Crippen molar-refractivity contribution in [2.24, 2.45) is 0 Å². The van der Waals surface area contributed by atoms with E-state index in [9.17, 15) is 4.79 Å². The molecule has 0 atom stereocenters. The Balaban J connectivity index is 0.00000180. The zero-order valence-corrected chi connectivity index (χ0v) is 12.5. The second kappa shape index (κ2) is 7.92. The summed E-state index contributed by atoms with van der Waals surface area (Å²) < 4.78 is 0. The molecule has 0 bridgehead atoms. The summed E-state index contributed by atoms with van der Waals surface area (Å²) in [5, 5.41) is 7.05. The molecule has 0 radical (unpaired) electrons. The molecular formula is C12H15Cl3N3O-. The molecule has 1 aromatic rings. The van der Waals surface area contributed by atoms with Crippen LogP contribution in [0.1, 0.15) is 0 Å². The van der Waals surface area contributed by atoms with Gasteiger partial charge in [0.05, 0.1) is 17.3 Å². The van der Waals surface area contributed by atoms with Crippen LogP contribution in [0.2, 0.25) is 10.0 Å². The number of hydrogen-bond acceptors (Lipinski definition) is 3. The second-order valence-corrected chi connectivity index (χ2v) is 5.04. The summed E-state index contributed by atoms with van der Waals surface area (Å²) in [4.78, 5) is 14.0. The summed E-state index contributed by atoms with van der Waals surface area (Å²) in [5.74, 6) is -0.0545. The molecule has 4 nitrogen and oxygen atoms in total. The predicted molar refractivity (Wildman–Crippen MR) is 74.4 cm³/mol. The topological polar surface area (TPSA) is 44.4 Å². The minimum absolute atomic E-state index is 0. The van der Waals surface area contributed by atoms with Crippen molar-refractivity contribution in [3.05, 3.63) is 28.2 Å². The largest absolute Gasteiger partial charge is 1.00 e. The van der Waals surface area contributed by atoms with Crippen LogP contribution in [0.15, 0.2) is 18.2 Å². The van der Waals surface area contributed by atoms with Gasteiger partial charge in [-0.3, -0.25) is 9.69 Å². The van der Waals surface area contributed by atoms with E-state index >= 15 is 0 Å². The van der Waals surface area contributed by atoms with Crippen LogP contribution in [0, 0.1) is 0 Å². The lowest BCUT2D eigenvalue weighted by Crippen LogP contribution is -3.00. The van der Waals surface area contributed by atoms with Gasteiger partial charge in [-0.15, -0.1) is 0 Å². The quantitative estimate of drug-likeness (QED) is 0.738. The summed E-state index contributed by atoms with van der Waals surface area (Å²) in [6, 6.07) is 5.03. The number of halogens is 3. The lowest BCUT2D eigenvalue weighted by molar-refractivity contribution is -0.117. The molecule has 2 N–H and O–H groups in total. The Morgan fingerprint density at radius 3 is 2.63 bits per heavy atom. The normalized spacial score (nSPS) is 15.7. The van der Waals surface area contributed by atoms with Crippen LogP contribution in [-0.2, 0) is 4.79 Å². The highest BCUT2D eigenvalue weighted by Gasteiger charge is 2.14. The summed E-state index contributed by atoms with van der Waals surface area (Å²) in [5.41, 5.74) is 0.598. The Labute approximate surface area is 128 Å². The average molecular weight is 324 g/mol. The van der Waals surface area contributed by atoms with Gasteiger partial charge >= 0.3 is 0 Å². The molecule has 0 unspecified atom stereocenters. The first kappa shape index (κ1) is 16.5. The number of anilines is 1. The number of nitrogens with one attached hydrogen (secondary N) is 2. The first-order chi connectivity index (χ1) is 8.65. The maximum atomic E-state index is 11.9. The number of hydrogen-bond donors (Lipinski definition) is 2. The predicted octanol–water partition coefficient (Wildman–Crippen LogP) is -1.16. The van der Waals surface area contributed by atoms with Gasteiger partial charge in [0, 0.05) is 31.2 Å². The summed E-state index contributed by atoms with van der Waals surface area (Å²) in [6.07, 6.45) is 0. The zero-order valence-electron chi connectivity index (χ0n) is 10.3. The van der Waals surface area contributed by atoms with Crippen LogP contribution in [0.25, 0.3) is 0 Å². The number of piperazine rings is 1. The first-order valence-corrected chi connectivity index (χ1v) is 6.59.